The van der Waals surface area contributed by atoms with Crippen LogP contribution in [0.25, 0.3) is 0 Å². The Balaban J connectivity index is 0.995. The van der Waals surface area contributed by atoms with E-state index in [1.54, 1.807) is 5.38 Å². The number of aromatic amines is 1. The average Bonchev–Trinajstić information content (AvgIpc) is 3.85. The molecule has 2 unspecified atom stereocenters. The van der Waals surface area contributed by atoms with Gasteiger partial charge in [0.2, 0.25) is 0 Å². The van der Waals surface area contributed by atoms with Crippen LogP contribution >= 0.6 is 34.9 Å². The van der Waals surface area contributed by atoms with E-state index in [4.69, 9.17) is 14.6 Å². The van der Waals surface area contributed by atoms with Crippen molar-refractivity contribution in [1.82, 2.24) is 30.0 Å². The fourth-order valence-electron chi connectivity index (χ4n) is 8.16. The molecule has 2 amide bonds. The molecule has 0 radical (unpaired) electrons. The number of nitrogens with one attached hydrogen (secondary N) is 3. The number of carbonyl (C=O) groups is 3. The summed E-state index contributed by atoms with van der Waals surface area (Å²) in [4.78, 5) is 79.0. The Bertz CT molecular complexity index is 3000. The van der Waals surface area contributed by atoms with Crippen LogP contribution in [0.1, 0.15) is 39.6 Å². The van der Waals surface area contributed by atoms with Crippen molar-refractivity contribution in [1.29, 1.82) is 0 Å². The number of amides is 2. The van der Waals surface area contributed by atoms with Crippen LogP contribution in [0.5, 0.6) is 0 Å². The Labute approximate surface area is 402 Å². The Morgan fingerprint density at radius 2 is 1.38 bits per heavy atom. The molecule has 4 heterocycles. The lowest BCUT2D eigenvalue weighted by Crippen LogP contribution is -2.71. The quantitative estimate of drug-likeness (QED) is 0.0183. The number of H-pyrrole nitrogens is 1. The van der Waals surface area contributed by atoms with Gasteiger partial charge < -0.3 is 20.2 Å². The van der Waals surface area contributed by atoms with E-state index in [0.717, 1.165) is 33.0 Å². The largest absolute Gasteiger partial charge is 0.448 e. The third kappa shape index (κ3) is 9.00. The fourth-order valence-corrected chi connectivity index (χ4v) is 11.3. The lowest BCUT2D eigenvalue weighted by molar-refractivity contribution is -0.154. The lowest BCUT2D eigenvalue weighted by Gasteiger charge is -2.49. The number of hydrogen-bond acceptors (Lipinski definition) is 14. The third-order valence-corrected chi connectivity index (χ3v) is 14.6. The summed E-state index contributed by atoms with van der Waals surface area (Å²) in [5, 5.41) is 18.6. The van der Waals surface area contributed by atoms with Crippen molar-refractivity contribution >= 4 is 63.5 Å². The summed E-state index contributed by atoms with van der Waals surface area (Å²) in [7, 11) is 2.74. The van der Waals surface area contributed by atoms with Crippen molar-refractivity contribution in [3.8, 4) is 0 Å². The molecule has 9 rings (SSSR count). The maximum atomic E-state index is 14.6. The van der Waals surface area contributed by atoms with E-state index in [9.17, 15) is 24.0 Å². The van der Waals surface area contributed by atoms with Gasteiger partial charge in [0.1, 0.15) is 35.5 Å². The topological polar surface area (TPSA) is 190 Å². The van der Waals surface area contributed by atoms with Crippen LogP contribution in [0, 0.1) is 0 Å². The third-order valence-electron chi connectivity index (χ3n) is 11.4. The molecule has 2 aromatic heterocycles. The number of hydrogen-bond donors (Lipinski definition) is 3. The zero-order chi connectivity index (χ0) is 47.2. The summed E-state index contributed by atoms with van der Waals surface area (Å²) < 4.78 is 7.43. The first-order valence-corrected chi connectivity index (χ1v) is 24.2. The SMILES string of the molecule is CO/N=C(\C(=O)NC1C(=O)N2C(C(=O)OC(c3ccccc3)c3ccccc3)=C(CSc3n[nH]c(=O)c(=O)n3C)CSC12)c1csc(NC(c2ccccc2)(c2ccccc2)c2ccccc2)n1. The van der Waals surface area contributed by atoms with Gasteiger partial charge in [-0.15, -0.1) is 28.2 Å². The molecule has 3 N–H and O–H groups in total. The van der Waals surface area contributed by atoms with Crippen LogP contribution in [-0.4, -0.2) is 78.2 Å². The van der Waals surface area contributed by atoms with E-state index in [1.807, 2.05) is 115 Å². The smallest absolute Gasteiger partial charge is 0.356 e. The standard InChI is InChI=1S/C50H42N8O7S3/c1-57-45(62)43(60)54-55-49(57)68-29-33-28-66-46-39(44(61)58(46)40(33)47(63)65-41(31-18-8-3-9-19-31)32-20-10-4-11-21-32)52-42(59)38(56-64-2)37-30-67-48(51-37)53-50(34-22-12-5-13-23-34,35-24-14-6-15-25-35)36-26-16-7-17-27-36/h3-27,30,39,41,46H,28-29H2,1-2H3,(H,51,53)(H,52,59)(H,54,60)/b56-38-. The number of β-lactam (4-membered cyclic amide) rings is 1. The first-order chi connectivity index (χ1) is 33.2. The van der Waals surface area contributed by atoms with Gasteiger partial charge in [-0.25, -0.2) is 14.9 Å². The first kappa shape index (κ1) is 45.6. The second kappa shape index (κ2) is 20.1. The molecule has 0 aliphatic carbocycles. The van der Waals surface area contributed by atoms with Crippen LogP contribution in [0.4, 0.5) is 5.13 Å². The number of benzene rings is 5. The molecule has 2 atom stereocenters. The van der Waals surface area contributed by atoms with Crippen molar-refractivity contribution in [2.45, 2.75) is 28.2 Å². The molecule has 15 nitrogen and oxygen atoms in total. The molecule has 0 saturated carbocycles. The van der Waals surface area contributed by atoms with Gasteiger partial charge in [-0.05, 0) is 33.4 Å². The number of anilines is 1. The number of rotatable bonds is 16. The number of nitrogens with zero attached hydrogens (tertiary/aromatic N) is 5. The van der Waals surface area contributed by atoms with Gasteiger partial charge in [-0.3, -0.25) is 28.6 Å². The number of aromatic nitrogens is 4. The summed E-state index contributed by atoms with van der Waals surface area (Å²) >= 11 is 3.74. The van der Waals surface area contributed by atoms with Crippen molar-refractivity contribution in [3.63, 3.8) is 0 Å². The minimum absolute atomic E-state index is 0.0165. The summed E-state index contributed by atoms with van der Waals surface area (Å²) in [5.74, 6) is -1.65. The van der Waals surface area contributed by atoms with Crippen LogP contribution in [0.3, 0.4) is 0 Å². The Morgan fingerprint density at radius 1 is 0.838 bits per heavy atom. The minimum Gasteiger partial charge on any atom is -0.448 e. The van der Waals surface area contributed by atoms with Gasteiger partial charge in [0.15, 0.2) is 22.1 Å². The molecule has 2 aliphatic rings. The van der Waals surface area contributed by atoms with Gasteiger partial charge in [0, 0.05) is 23.9 Å². The number of thioether (sulfide) groups is 2. The molecule has 0 spiro atoms. The zero-order valence-electron chi connectivity index (χ0n) is 36.5. The van der Waals surface area contributed by atoms with Gasteiger partial charge in [0.05, 0.1) is 0 Å². The van der Waals surface area contributed by atoms with Gasteiger partial charge in [0.25, 0.3) is 11.8 Å². The summed E-state index contributed by atoms with van der Waals surface area (Å²) in [5.41, 5.74) is 2.36. The molecule has 2 aliphatic heterocycles. The maximum Gasteiger partial charge on any atom is 0.356 e. The van der Waals surface area contributed by atoms with E-state index in [-0.39, 0.29) is 33.8 Å². The zero-order valence-corrected chi connectivity index (χ0v) is 38.9. The summed E-state index contributed by atoms with van der Waals surface area (Å²) in [6, 6.07) is 47.5. The van der Waals surface area contributed by atoms with Gasteiger partial charge in [-0.1, -0.05) is 169 Å². The Kier molecular flexibility index (Phi) is 13.5. The van der Waals surface area contributed by atoms with E-state index >= 15 is 0 Å². The van der Waals surface area contributed by atoms with Crippen molar-refractivity contribution in [2.24, 2.45) is 12.2 Å². The number of ether oxygens (including phenoxy) is 1. The predicted molar refractivity (Wildman–Crippen MR) is 262 cm³/mol. The van der Waals surface area contributed by atoms with Gasteiger partial charge >= 0.3 is 17.1 Å². The highest BCUT2D eigenvalue weighted by molar-refractivity contribution is 8.01. The normalized spacial score (nSPS) is 15.9. The molecular weight excluding hydrogens is 921 g/mol. The monoisotopic (exact) mass is 962 g/mol. The second-order valence-electron chi connectivity index (χ2n) is 15.5. The van der Waals surface area contributed by atoms with E-state index < -0.39 is 52.0 Å². The molecule has 1 saturated heterocycles. The van der Waals surface area contributed by atoms with E-state index in [2.05, 4.69) is 62.4 Å². The average molecular weight is 963 g/mol. The second-order valence-corrected chi connectivity index (χ2v) is 18.4. The van der Waals surface area contributed by atoms with E-state index in [0.29, 0.717) is 21.8 Å². The van der Waals surface area contributed by atoms with E-state index in [1.165, 1.54) is 42.2 Å². The molecule has 1 fully saturated rings. The minimum atomic E-state index is -1.06. The number of thiazole rings is 1. The first-order valence-electron chi connectivity index (χ1n) is 21.3. The molecule has 68 heavy (non-hydrogen) atoms. The van der Waals surface area contributed by atoms with Crippen LogP contribution < -0.4 is 21.8 Å². The summed E-state index contributed by atoms with van der Waals surface area (Å²) in [6.45, 7) is 0. The summed E-state index contributed by atoms with van der Waals surface area (Å²) in [6.07, 6.45) is -0.823. The molecule has 5 aromatic carbocycles. The number of oxime groups is 1. The molecule has 0 bridgehead atoms. The molecule has 342 valence electrons. The maximum absolute atomic E-state index is 14.6. The van der Waals surface area contributed by atoms with Crippen LogP contribution in [-0.2, 0) is 36.5 Å². The van der Waals surface area contributed by atoms with Crippen LogP contribution in [0.15, 0.2) is 188 Å². The molecular formula is C50H42N8O7S3. The molecule has 7 aromatic rings. The van der Waals surface area contributed by atoms with Crippen molar-refractivity contribution < 1.29 is 24.0 Å². The molecule has 18 heteroatoms. The lowest BCUT2D eigenvalue weighted by atomic mass is 9.77. The Morgan fingerprint density at radius 3 is 1.93 bits per heavy atom. The van der Waals surface area contributed by atoms with Gasteiger partial charge in [-0.2, -0.15) is 0 Å². The highest BCUT2D eigenvalue weighted by atomic mass is 32.2. The van der Waals surface area contributed by atoms with Crippen molar-refractivity contribution in [3.05, 3.63) is 223 Å². The highest BCUT2D eigenvalue weighted by Gasteiger charge is 2.55. The highest BCUT2D eigenvalue weighted by Crippen LogP contribution is 2.44. The van der Waals surface area contributed by atoms with Crippen LogP contribution in [0.2, 0.25) is 0 Å². The van der Waals surface area contributed by atoms with Crippen molar-refractivity contribution in [2.75, 3.05) is 23.9 Å². The number of carbonyl (C=O) groups excluding carboxylic acids is 3. The Hall–Kier alpha value is -7.54. The fraction of sp³-hybridized carbons (Fsp3) is 0.160. The number of esters is 1. The predicted octanol–water partition coefficient (Wildman–Crippen LogP) is 6.46. The number of fused-ring (bicyclic) bond motifs is 1.